The fourth-order valence-electron chi connectivity index (χ4n) is 3.61. The van der Waals surface area contributed by atoms with Gasteiger partial charge in [0, 0.05) is 24.2 Å². The molecule has 2 fully saturated rings. The average Bonchev–Trinajstić information content (AvgIpc) is 2.74. The molecular weight excluding hydrogens is 216 g/mol. The predicted octanol–water partition coefficient (Wildman–Crippen LogP) is 2.46. The molecule has 0 radical (unpaired) electrons. The highest BCUT2D eigenvalue weighted by atomic mass is 16.7. The topological polar surface area (TPSA) is 35.5 Å². The van der Waals surface area contributed by atoms with Crippen LogP contribution in [0.1, 0.15) is 39.5 Å². The van der Waals surface area contributed by atoms with Gasteiger partial charge in [0.1, 0.15) is 5.78 Å². The van der Waals surface area contributed by atoms with Crippen LogP contribution in [0.3, 0.4) is 0 Å². The molecule has 0 amide bonds. The summed E-state index contributed by atoms with van der Waals surface area (Å²) in [4.78, 5) is 12.1. The summed E-state index contributed by atoms with van der Waals surface area (Å²) in [6.07, 6.45) is 5.68. The lowest BCUT2D eigenvalue weighted by Gasteiger charge is -2.47. The van der Waals surface area contributed by atoms with Crippen LogP contribution in [-0.2, 0) is 14.3 Å². The Kier molecular flexibility index (Phi) is 2.46. The Bertz CT molecular complexity index is 375. The van der Waals surface area contributed by atoms with E-state index in [-0.39, 0.29) is 11.3 Å². The van der Waals surface area contributed by atoms with Gasteiger partial charge in [0.25, 0.3) is 0 Å². The lowest BCUT2D eigenvalue weighted by Crippen LogP contribution is -2.49. The van der Waals surface area contributed by atoms with E-state index >= 15 is 0 Å². The van der Waals surface area contributed by atoms with Gasteiger partial charge in [-0.05, 0) is 26.7 Å². The van der Waals surface area contributed by atoms with Gasteiger partial charge < -0.3 is 9.47 Å². The van der Waals surface area contributed by atoms with E-state index in [0.29, 0.717) is 25.4 Å². The second kappa shape index (κ2) is 3.66. The first kappa shape index (κ1) is 11.4. The van der Waals surface area contributed by atoms with Gasteiger partial charge in [-0.25, -0.2) is 0 Å². The van der Waals surface area contributed by atoms with E-state index < -0.39 is 5.79 Å². The van der Waals surface area contributed by atoms with E-state index in [2.05, 4.69) is 6.08 Å². The number of hydrogen-bond donors (Lipinski definition) is 0. The van der Waals surface area contributed by atoms with Gasteiger partial charge in [-0.3, -0.25) is 4.79 Å². The second-order valence-corrected chi connectivity index (χ2v) is 5.85. The van der Waals surface area contributed by atoms with E-state index in [1.165, 1.54) is 5.57 Å². The minimum Gasteiger partial charge on any atom is -0.347 e. The molecule has 1 heterocycles. The molecule has 0 bridgehead atoms. The minimum absolute atomic E-state index is 0.284. The van der Waals surface area contributed by atoms with Gasteiger partial charge >= 0.3 is 0 Å². The van der Waals surface area contributed by atoms with Crippen molar-refractivity contribution in [2.75, 3.05) is 13.2 Å². The molecule has 1 atom stereocenters. The van der Waals surface area contributed by atoms with Crippen molar-refractivity contribution in [2.45, 2.75) is 45.3 Å². The summed E-state index contributed by atoms with van der Waals surface area (Å²) in [7, 11) is 0. The molecular formula is C14H20O3. The van der Waals surface area contributed by atoms with Crippen molar-refractivity contribution in [3.8, 4) is 0 Å². The number of carbonyl (C=O) groups excluding carboxylic acids is 1. The molecule has 0 unspecified atom stereocenters. The molecule has 94 valence electrons. The summed E-state index contributed by atoms with van der Waals surface area (Å²) in [5.74, 6) is 0.226. The zero-order valence-corrected chi connectivity index (χ0v) is 10.6. The maximum absolute atomic E-state index is 12.1. The van der Waals surface area contributed by atoms with Gasteiger partial charge in [0.05, 0.1) is 13.2 Å². The van der Waals surface area contributed by atoms with Crippen LogP contribution >= 0.6 is 0 Å². The second-order valence-electron chi connectivity index (χ2n) is 5.85. The third-order valence-corrected chi connectivity index (χ3v) is 4.62. The van der Waals surface area contributed by atoms with Crippen LogP contribution in [0.4, 0.5) is 0 Å². The highest BCUT2D eigenvalue weighted by Crippen LogP contribution is 2.52. The zero-order valence-electron chi connectivity index (χ0n) is 10.6. The van der Waals surface area contributed by atoms with Crippen LogP contribution in [0.2, 0.25) is 0 Å². The third-order valence-electron chi connectivity index (χ3n) is 4.62. The summed E-state index contributed by atoms with van der Waals surface area (Å²) in [6.45, 7) is 5.47. The molecule has 2 aliphatic carbocycles. The number of rotatable bonds is 0. The van der Waals surface area contributed by atoms with Crippen molar-refractivity contribution in [1.29, 1.82) is 0 Å². The quantitative estimate of drug-likeness (QED) is 0.606. The molecule has 3 heteroatoms. The summed E-state index contributed by atoms with van der Waals surface area (Å²) in [5.41, 5.74) is 0.924. The van der Waals surface area contributed by atoms with Crippen molar-refractivity contribution in [3.63, 3.8) is 0 Å². The Morgan fingerprint density at radius 1 is 1.29 bits per heavy atom. The van der Waals surface area contributed by atoms with Crippen LogP contribution in [0.15, 0.2) is 11.6 Å². The SMILES string of the molecule is CC1(C)C(=O)CC[C@H]2C1=CCCC21OCCO1. The van der Waals surface area contributed by atoms with Gasteiger partial charge in [-0.2, -0.15) is 0 Å². The molecule has 3 nitrogen and oxygen atoms in total. The van der Waals surface area contributed by atoms with Crippen LogP contribution in [0.5, 0.6) is 0 Å². The van der Waals surface area contributed by atoms with E-state index in [1.54, 1.807) is 0 Å². The Labute approximate surface area is 102 Å². The third kappa shape index (κ3) is 1.52. The number of fused-ring (bicyclic) bond motifs is 2. The molecule has 3 aliphatic rings. The average molecular weight is 236 g/mol. The number of carbonyl (C=O) groups is 1. The molecule has 1 saturated carbocycles. The summed E-state index contributed by atoms with van der Waals surface area (Å²) >= 11 is 0. The van der Waals surface area contributed by atoms with Gasteiger partial charge in [0.2, 0.25) is 0 Å². The Hall–Kier alpha value is -0.670. The fourth-order valence-corrected chi connectivity index (χ4v) is 3.61. The smallest absolute Gasteiger partial charge is 0.175 e. The van der Waals surface area contributed by atoms with Crippen LogP contribution < -0.4 is 0 Å². The lowest BCUT2D eigenvalue weighted by molar-refractivity contribution is -0.201. The van der Waals surface area contributed by atoms with Crippen molar-refractivity contribution in [2.24, 2.45) is 11.3 Å². The molecule has 0 aromatic rings. The largest absolute Gasteiger partial charge is 0.347 e. The molecule has 3 rings (SSSR count). The van der Waals surface area contributed by atoms with Crippen LogP contribution in [-0.4, -0.2) is 24.8 Å². The van der Waals surface area contributed by atoms with Gasteiger partial charge in [0.15, 0.2) is 5.79 Å². The summed E-state index contributed by atoms with van der Waals surface area (Å²) < 4.78 is 11.8. The molecule has 0 N–H and O–H groups in total. The Morgan fingerprint density at radius 3 is 2.71 bits per heavy atom. The van der Waals surface area contributed by atoms with Crippen molar-refractivity contribution < 1.29 is 14.3 Å². The summed E-state index contributed by atoms with van der Waals surface area (Å²) in [6, 6.07) is 0. The van der Waals surface area contributed by atoms with Crippen LogP contribution in [0.25, 0.3) is 0 Å². The van der Waals surface area contributed by atoms with E-state index in [0.717, 1.165) is 19.3 Å². The Balaban J connectivity index is 1.99. The van der Waals surface area contributed by atoms with Crippen molar-refractivity contribution in [1.82, 2.24) is 0 Å². The highest BCUT2D eigenvalue weighted by Gasteiger charge is 2.53. The van der Waals surface area contributed by atoms with Crippen molar-refractivity contribution >= 4 is 5.78 Å². The van der Waals surface area contributed by atoms with E-state index in [4.69, 9.17) is 9.47 Å². The number of ketones is 1. The monoisotopic (exact) mass is 236 g/mol. The lowest BCUT2D eigenvalue weighted by atomic mass is 9.62. The van der Waals surface area contributed by atoms with E-state index in [1.807, 2.05) is 13.8 Å². The van der Waals surface area contributed by atoms with Crippen molar-refractivity contribution in [3.05, 3.63) is 11.6 Å². The van der Waals surface area contributed by atoms with E-state index in [9.17, 15) is 4.79 Å². The molecule has 1 saturated heterocycles. The van der Waals surface area contributed by atoms with Gasteiger partial charge in [-0.1, -0.05) is 11.6 Å². The number of Topliss-reactive ketones (excluding diaryl/α,β-unsaturated/α-hetero) is 1. The normalized spacial score (nSPS) is 34.6. The molecule has 0 aromatic heterocycles. The first-order valence-electron chi connectivity index (χ1n) is 6.58. The highest BCUT2D eigenvalue weighted by molar-refractivity contribution is 5.88. The predicted molar refractivity (Wildman–Crippen MR) is 63.5 cm³/mol. The maximum atomic E-state index is 12.1. The fraction of sp³-hybridized carbons (Fsp3) is 0.786. The van der Waals surface area contributed by atoms with Gasteiger partial charge in [-0.15, -0.1) is 0 Å². The maximum Gasteiger partial charge on any atom is 0.175 e. The molecule has 1 spiro atoms. The zero-order chi connectivity index (χ0) is 12.1. The molecule has 1 aliphatic heterocycles. The number of ether oxygens (including phenoxy) is 2. The molecule has 17 heavy (non-hydrogen) atoms. The standard InChI is InChI=1S/C14H20O3/c1-13(2)10-4-3-7-14(16-8-9-17-14)11(10)5-6-12(13)15/h4,11H,3,5-9H2,1-2H3/t11-/m0/s1. The Morgan fingerprint density at radius 2 is 2.00 bits per heavy atom. The summed E-state index contributed by atoms with van der Waals surface area (Å²) in [5, 5.41) is 0. The minimum atomic E-state index is -0.415. The van der Waals surface area contributed by atoms with Crippen LogP contribution in [0, 0.1) is 11.3 Å². The number of allylic oxidation sites excluding steroid dienone is 1. The first-order valence-corrected chi connectivity index (χ1v) is 6.58. The first-order chi connectivity index (χ1) is 8.06. The number of hydrogen-bond acceptors (Lipinski definition) is 3. The molecule has 0 aromatic carbocycles.